The van der Waals surface area contributed by atoms with Gasteiger partial charge in [-0.2, -0.15) is 0 Å². The van der Waals surface area contributed by atoms with Crippen molar-refractivity contribution in [1.82, 2.24) is 4.90 Å². The van der Waals surface area contributed by atoms with E-state index in [0.29, 0.717) is 18.9 Å². The van der Waals surface area contributed by atoms with Crippen molar-refractivity contribution in [3.63, 3.8) is 0 Å². The smallest absolute Gasteiger partial charge is 0.270 e. The number of nitrogens with zero attached hydrogens (tertiary/aromatic N) is 3. The van der Waals surface area contributed by atoms with Crippen LogP contribution in [0.2, 0.25) is 0 Å². The van der Waals surface area contributed by atoms with Gasteiger partial charge >= 0.3 is 0 Å². The van der Waals surface area contributed by atoms with Gasteiger partial charge < -0.3 is 24.6 Å². The molecule has 0 unspecified atom stereocenters. The zero-order valence-electron chi connectivity index (χ0n) is 18.1. The van der Waals surface area contributed by atoms with E-state index in [1.165, 1.54) is 24.1 Å². The number of anilines is 2. The van der Waals surface area contributed by atoms with Crippen molar-refractivity contribution in [3.05, 3.63) is 58.1 Å². The van der Waals surface area contributed by atoms with Crippen LogP contribution in [0.3, 0.4) is 0 Å². The van der Waals surface area contributed by atoms with Crippen LogP contribution in [0.1, 0.15) is 17.3 Å². The molecule has 10 heteroatoms. The van der Waals surface area contributed by atoms with Crippen molar-refractivity contribution in [3.8, 4) is 5.75 Å². The molecule has 170 valence electrons. The summed E-state index contributed by atoms with van der Waals surface area (Å²) in [7, 11) is 1.38. The quantitative estimate of drug-likeness (QED) is 0.494. The van der Waals surface area contributed by atoms with E-state index in [2.05, 4.69) is 10.2 Å². The Kier molecular flexibility index (Phi) is 7.61. The Hall–Kier alpha value is -3.66. The number of morpholine rings is 1. The summed E-state index contributed by atoms with van der Waals surface area (Å²) in [5.74, 6) is -0.687. The SMILES string of the molecule is CCN(CC(=O)Nc1ccc(N2CCOCC2)cc1)C(=O)c1cc([N+](=O)[O-])ccc1OC. The van der Waals surface area contributed by atoms with Gasteiger partial charge in [0.1, 0.15) is 12.3 Å². The van der Waals surface area contributed by atoms with E-state index >= 15 is 0 Å². The van der Waals surface area contributed by atoms with Crippen LogP contribution in [0.5, 0.6) is 5.75 Å². The molecule has 1 heterocycles. The van der Waals surface area contributed by atoms with Crippen LogP contribution < -0.4 is 15.0 Å². The topological polar surface area (TPSA) is 114 Å². The van der Waals surface area contributed by atoms with Crippen LogP contribution in [0.4, 0.5) is 17.1 Å². The molecule has 32 heavy (non-hydrogen) atoms. The number of amides is 2. The molecule has 0 spiro atoms. The highest BCUT2D eigenvalue weighted by Gasteiger charge is 2.23. The highest BCUT2D eigenvalue weighted by Crippen LogP contribution is 2.25. The minimum Gasteiger partial charge on any atom is -0.496 e. The molecule has 0 bridgehead atoms. The van der Waals surface area contributed by atoms with Crippen molar-refractivity contribution >= 4 is 28.9 Å². The molecule has 0 saturated carbocycles. The van der Waals surface area contributed by atoms with E-state index in [1.54, 1.807) is 6.92 Å². The lowest BCUT2D eigenvalue weighted by atomic mass is 10.1. The summed E-state index contributed by atoms with van der Waals surface area (Å²) in [6.45, 7) is 4.79. The number of nitrogens with one attached hydrogen (secondary N) is 1. The van der Waals surface area contributed by atoms with Crippen LogP contribution in [0.15, 0.2) is 42.5 Å². The Labute approximate surface area is 185 Å². The molecule has 1 aliphatic heterocycles. The summed E-state index contributed by atoms with van der Waals surface area (Å²) in [6, 6.07) is 11.3. The van der Waals surface area contributed by atoms with Crippen LogP contribution in [-0.4, -0.2) is 68.1 Å². The lowest BCUT2D eigenvalue weighted by Crippen LogP contribution is -2.38. The molecule has 2 aromatic carbocycles. The number of hydrogen-bond acceptors (Lipinski definition) is 7. The molecule has 1 saturated heterocycles. The maximum absolute atomic E-state index is 13.0. The van der Waals surface area contributed by atoms with Gasteiger partial charge in [-0.15, -0.1) is 0 Å². The number of likely N-dealkylation sites (N-methyl/N-ethyl adjacent to an activating group) is 1. The second-order valence-corrected chi connectivity index (χ2v) is 7.16. The van der Waals surface area contributed by atoms with E-state index in [-0.39, 0.29) is 36.0 Å². The monoisotopic (exact) mass is 442 g/mol. The summed E-state index contributed by atoms with van der Waals surface area (Å²) in [6.07, 6.45) is 0. The molecule has 2 amide bonds. The Morgan fingerprint density at radius 1 is 1.19 bits per heavy atom. The van der Waals surface area contributed by atoms with Crippen molar-refractivity contribution in [1.29, 1.82) is 0 Å². The Morgan fingerprint density at radius 2 is 1.88 bits per heavy atom. The van der Waals surface area contributed by atoms with E-state index in [9.17, 15) is 19.7 Å². The number of hydrogen-bond donors (Lipinski definition) is 1. The van der Waals surface area contributed by atoms with Gasteiger partial charge in [-0.3, -0.25) is 19.7 Å². The first-order valence-corrected chi connectivity index (χ1v) is 10.3. The van der Waals surface area contributed by atoms with Crippen molar-refractivity contribution in [2.24, 2.45) is 0 Å². The molecule has 1 aliphatic rings. The van der Waals surface area contributed by atoms with Crippen LogP contribution in [-0.2, 0) is 9.53 Å². The van der Waals surface area contributed by atoms with Crippen LogP contribution in [0.25, 0.3) is 0 Å². The molecule has 1 fully saturated rings. The number of benzene rings is 2. The number of carbonyl (C=O) groups excluding carboxylic acids is 2. The summed E-state index contributed by atoms with van der Waals surface area (Å²) in [4.78, 5) is 39.5. The lowest BCUT2D eigenvalue weighted by Gasteiger charge is -2.29. The minimum atomic E-state index is -0.584. The fraction of sp³-hybridized carbons (Fsp3) is 0.364. The Morgan fingerprint density at radius 3 is 2.47 bits per heavy atom. The summed E-state index contributed by atoms with van der Waals surface area (Å²) < 4.78 is 10.5. The molecule has 0 radical (unpaired) electrons. The third-order valence-electron chi connectivity index (χ3n) is 5.15. The number of methoxy groups -OCH3 is 1. The molecular weight excluding hydrogens is 416 g/mol. The first-order chi connectivity index (χ1) is 15.4. The van der Waals surface area contributed by atoms with Gasteiger partial charge in [-0.1, -0.05) is 0 Å². The van der Waals surface area contributed by atoms with E-state index in [4.69, 9.17) is 9.47 Å². The van der Waals surface area contributed by atoms with Crippen molar-refractivity contribution in [2.75, 3.05) is 56.7 Å². The fourth-order valence-electron chi connectivity index (χ4n) is 3.43. The summed E-state index contributed by atoms with van der Waals surface area (Å²) >= 11 is 0. The molecule has 2 aromatic rings. The molecule has 10 nitrogen and oxygen atoms in total. The summed E-state index contributed by atoms with van der Waals surface area (Å²) in [5, 5.41) is 13.9. The van der Waals surface area contributed by atoms with Gasteiger partial charge in [0.05, 0.1) is 30.8 Å². The molecule has 3 rings (SSSR count). The predicted molar refractivity (Wildman–Crippen MR) is 119 cm³/mol. The number of carbonyl (C=O) groups is 2. The number of nitro benzene ring substituents is 1. The summed E-state index contributed by atoms with van der Waals surface area (Å²) in [5.41, 5.74) is 1.47. The second kappa shape index (κ2) is 10.6. The van der Waals surface area contributed by atoms with Crippen LogP contribution >= 0.6 is 0 Å². The first-order valence-electron chi connectivity index (χ1n) is 10.3. The highest BCUT2D eigenvalue weighted by atomic mass is 16.6. The minimum absolute atomic E-state index is 0.0335. The predicted octanol–water partition coefficient (Wildman–Crippen LogP) is 2.54. The first kappa shape index (κ1) is 23.0. The standard InChI is InChI=1S/C22H26N4O6/c1-3-24(22(28)19-14-18(26(29)30)8-9-20(19)31-2)15-21(27)23-16-4-6-17(7-5-16)25-10-12-32-13-11-25/h4-9,14H,3,10-13,15H2,1-2H3,(H,23,27). The third kappa shape index (κ3) is 5.52. The van der Waals surface area contributed by atoms with Crippen molar-refractivity contribution in [2.45, 2.75) is 6.92 Å². The van der Waals surface area contributed by atoms with Crippen molar-refractivity contribution < 1.29 is 24.0 Å². The molecule has 0 aliphatic carbocycles. The Balaban J connectivity index is 1.66. The average Bonchev–Trinajstić information content (AvgIpc) is 2.82. The van der Waals surface area contributed by atoms with Gasteiger partial charge in [-0.25, -0.2) is 0 Å². The van der Waals surface area contributed by atoms with E-state index in [0.717, 1.165) is 24.8 Å². The number of ether oxygens (including phenoxy) is 2. The third-order valence-corrected chi connectivity index (χ3v) is 5.15. The number of non-ortho nitro benzene ring substituents is 1. The van der Waals surface area contributed by atoms with Gasteiger partial charge in [-0.05, 0) is 37.3 Å². The largest absolute Gasteiger partial charge is 0.496 e. The van der Waals surface area contributed by atoms with Gasteiger partial charge in [0.25, 0.3) is 11.6 Å². The molecule has 1 N–H and O–H groups in total. The maximum atomic E-state index is 13.0. The lowest BCUT2D eigenvalue weighted by molar-refractivity contribution is -0.384. The van der Waals surface area contributed by atoms with Crippen LogP contribution in [0, 0.1) is 10.1 Å². The normalized spacial score (nSPS) is 13.4. The highest BCUT2D eigenvalue weighted by molar-refractivity contribution is 6.01. The van der Waals surface area contributed by atoms with E-state index in [1.807, 2.05) is 24.3 Å². The van der Waals surface area contributed by atoms with Gasteiger partial charge in [0.15, 0.2) is 0 Å². The van der Waals surface area contributed by atoms with E-state index < -0.39 is 10.8 Å². The Bertz CT molecular complexity index is 973. The molecule has 0 atom stereocenters. The number of nitro groups is 1. The zero-order chi connectivity index (χ0) is 23.1. The molecular formula is C22H26N4O6. The van der Waals surface area contributed by atoms with Gasteiger partial charge in [0, 0.05) is 43.1 Å². The fourth-order valence-corrected chi connectivity index (χ4v) is 3.43. The zero-order valence-corrected chi connectivity index (χ0v) is 18.1. The van der Waals surface area contributed by atoms with Gasteiger partial charge in [0.2, 0.25) is 5.91 Å². The maximum Gasteiger partial charge on any atom is 0.270 e. The molecule has 0 aromatic heterocycles. The second-order valence-electron chi connectivity index (χ2n) is 7.16. The average molecular weight is 442 g/mol. The number of rotatable bonds is 8.